The van der Waals surface area contributed by atoms with Gasteiger partial charge in [-0.3, -0.25) is 4.68 Å². The van der Waals surface area contributed by atoms with Crippen molar-refractivity contribution >= 4 is 21.6 Å². The van der Waals surface area contributed by atoms with Gasteiger partial charge in [-0.05, 0) is 18.2 Å². The van der Waals surface area contributed by atoms with Gasteiger partial charge in [0.25, 0.3) is 0 Å². The van der Waals surface area contributed by atoms with Gasteiger partial charge >= 0.3 is 0 Å². The van der Waals surface area contributed by atoms with Gasteiger partial charge in [0.1, 0.15) is 6.07 Å². The number of anilines is 1. The van der Waals surface area contributed by atoms with Gasteiger partial charge in [-0.25, -0.2) is 0 Å². The molecular formula is C13H13BrN4O. The van der Waals surface area contributed by atoms with E-state index in [2.05, 4.69) is 32.4 Å². The zero-order valence-electron chi connectivity index (χ0n) is 10.2. The summed E-state index contributed by atoms with van der Waals surface area (Å²) in [4.78, 5) is 0. The van der Waals surface area contributed by atoms with E-state index in [-0.39, 0.29) is 6.61 Å². The lowest BCUT2D eigenvalue weighted by Crippen LogP contribution is -2.02. The second-order valence-electron chi connectivity index (χ2n) is 3.99. The number of hydrogen-bond acceptors (Lipinski definition) is 4. The molecule has 0 saturated heterocycles. The molecule has 19 heavy (non-hydrogen) atoms. The van der Waals surface area contributed by atoms with E-state index in [0.717, 1.165) is 15.7 Å². The summed E-state index contributed by atoms with van der Waals surface area (Å²) in [6, 6.07) is 7.68. The molecule has 0 aliphatic rings. The van der Waals surface area contributed by atoms with Crippen molar-refractivity contribution in [3.05, 3.63) is 46.2 Å². The largest absolute Gasteiger partial charge is 0.394 e. The Hall–Kier alpha value is -1.84. The highest BCUT2D eigenvalue weighted by molar-refractivity contribution is 9.10. The predicted octanol–water partition coefficient (Wildman–Crippen LogP) is 2.12. The minimum atomic E-state index is 0.0693. The highest BCUT2D eigenvalue weighted by Gasteiger charge is 2.03. The van der Waals surface area contributed by atoms with Crippen LogP contribution in [0.2, 0.25) is 0 Å². The molecule has 0 atom stereocenters. The first-order valence-electron chi connectivity index (χ1n) is 5.78. The maximum Gasteiger partial charge on any atom is 0.101 e. The molecule has 0 unspecified atom stereocenters. The third-order valence-corrected chi connectivity index (χ3v) is 3.09. The van der Waals surface area contributed by atoms with Gasteiger partial charge in [-0.2, -0.15) is 10.4 Å². The lowest BCUT2D eigenvalue weighted by molar-refractivity contribution is 0.269. The van der Waals surface area contributed by atoms with E-state index < -0.39 is 0 Å². The predicted molar refractivity (Wildman–Crippen MR) is 75.5 cm³/mol. The van der Waals surface area contributed by atoms with Crippen molar-refractivity contribution in [1.82, 2.24) is 9.78 Å². The molecule has 0 aliphatic carbocycles. The van der Waals surface area contributed by atoms with Crippen LogP contribution in [0.5, 0.6) is 0 Å². The second-order valence-corrected chi connectivity index (χ2v) is 4.91. The smallest absolute Gasteiger partial charge is 0.101 e. The van der Waals surface area contributed by atoms with E-state index in [1.807, 2.05) is 18.3 Å². The van der Waals surface area contributed by atoms with Gasteiger partial charge in [-0.1, -0.05) is 15.9 Å². The molecule has 0 saturated carbocycles. The molecule has 1 aromatic carbocycles. The molecule has 0 aliphatic heterocycles. The zero-order valence-corrected chi connectivity index (χ0v) is 11.8. The van der Waals surface area contributed by atoms with E-state index in [9.17, 15) is 0 Å². The fraction of sp³-hybridized carbons (Fsp3) is 0.231. The highest BCUT2D eigenvalue weighted by atomic mass is 79.9. The fourth-order valence-corrected chi connectivity index (χ4v) is 2.04. The Morgan fingerprint density at radius 2 is 2.32 bits per heavy atom. The monoisotopic (exact) mass is 320 g/mol. The Kier molecular flexibility index (Phi) is 4.55. The molecule has 98 valence electrons. The van der Waals surface area contributed by atoms with Crippen molar-refractivity contribution in [1.29, 1.82) is 5.26 Å². The molecule has 1 aromatic heterocycles. The van der Waals surface area contributed by atoms with Crippen molar-refractivity contribution in [2.75, 3.05) is 11.9 Å². The summed E-state index contributed by atoms with van der Waals surface area (Å²) in [5.41, 5.74) is 2.39. The summed E-state index contributed by atoms with van der Waals surface area (Å²) in [6.45, 7) is 1.14. The number of halogens is 1. The lowest BCUT2D eigenvalue weighted by Gasteiger charge is -2.07. The van der Waals surface area contributed by atoms with E-state index in [1.165, 1.54) is 0 Å². The summed E-state index contributed by atoms with van der Waals surface area (Å²) >= 11 is 3.34. The molecule has 0 fully saturated rings. The van der Waals surface area contributed by atoms with Gasteiger partial charge in [0.15, 0.2) is 0 Å². The number of rotatable bonds is 5. The molecular weight excluding hydrogens is 308 g/mol. The lowest BCUT2D eigenvalue weighted by atomic mass is 10.2. The Morgan fingerprint density at radius 3 is 3.05 bits per heavy atom. The van der Waals surface area contributed by atoms with Crippen LogP contribution < -0.4 is 5.32 Å². The minimum Gasteiger partial charge on any atom is -0.394 e. The van der Waals surface area contributed by atoms with Crippen LogP contribution in [-0.2, 0) is 13.1 Å². The maximum absolute atomic E-state index is 9.06. The van der Waals surface area contributed by atoms with Gasteiger partial charge in [0.2, 0.25) is 0 Å². The number of nitriles is 1. The van der Waals surface area contributed by atoms with Crippen LogP contribution in [0.1, 0.15) is 11.1 Å². The molecule has 2 aromatic rings. The third kappa shape index (κ3) is 3.56. The number of nitrogens with one attached hydrogen (secondary N) is 1. The molecule has 1 heterocycles. The van der Waals surface area contributed by atoms with Crippen molar-refractivity contribution in [2.45, 2.75) is 13.1 Å². The standard InChI is InChI=1S/C13H13BrN4O/c14-12-1-2-13(11(5-12)6-15)16-7-10-8-17-18(9-10)3-4-19/h1-2,5,8-9,16,19H,3-4,7H2. The molecule has 0 amide bonds. The second kappa shape index (κ2) is 6.36. The Labute approximate surface area is 119 Å². The van der Waals surface area contributed by atoms with Gasteiger partial charge in [0.05, 0.1) is 30.6 Å². The molecule has 0 spiro atoms. The topological polar surface area (TPSA) is 73.9 Å². The average molecular weight is 321 g/mol. The van der Waals surface area contributed by atoms with E-state index in [1.54, 1.807) is 16.9 Å². The minimum absolute atomic E-state index is 0.0693. The van der Waals surface area contributed by atoms with Crippen LogP contribution >= 0.6 is 15.9 Å². The highest BCUT2D eigenvalue weighted by Crippen LogP contribution is 2.20. The van der Waals surface area contributed by atoms with Crippen LogP contribution in [-0.4, -0.2) is 21.5 Å². The Bertz CT molecular complexity index is 603. The molecule has 0 bridgehead atoms. The number of hydrogen-bond donors (Lipinski definition) is 2. The average Bonchev–Trinajstić information content (AvgIpc) is 2.85. The molecule has 2 rings (SSSR count). The van der Waals surface area contributed by atoms with Crippen LogP contribution in [0, 0.1) is 11.3 Å². The van der Waals surface area contributed by atoms with E-state index in [0.29, 0.717) is 18.7 Å². The van der Waals surface area contributed by atoms with E-state index >= 15 is 0 Å². The quantitative estimate of drug-likeness (QED) is 0.885. The van der Waals surface area contributed by atoms with Crippen LogP contribution in [0.3, 0.4) is 0 Å². The van der Waals surface area contributed by atoms with Crippen molar-refractivity contribution < 1.29 is 5.11 Å². The Balaban J connectivity index is 2.04. The molecule has 0 radical (unpaired) electrons. The summed E-state index contributed by atoms with van der Waals surface area (Å²) in [5.74, 6) is 0. The van der Waals surface area contributed by atoms with Crippen LogP contribution in [0.15, 0.2) is 35.1 Å². The van der Waals surface area contributed by atoms with Crippen molar-refractivity contribution in [2.24, 2.45) is 0 Å². The molecule has 6 heteroatoms. The van der Waals surface area contributed by atoms with Crippen LogP contribution in [0.25, 0.3) is 0 Å². The zero-order chi connectivity index (χ0) is 13.7. The summed E-state index contributed by atoms with van der Waals surface area (Å²) < 4.78 is 2.56. The van der Waals surface area contributed by atoms with Crippen molar-refractivity contribution in [3.63, 3.8) is 0 Å². The first kappa shape index (κ1) is 13.6. The number of nitrogens with zero attached hydrogens (tertiary/aromatic N) is 3. The van der Waals surface area contributed by atoms with E-state index in [4.69, 9.17) is 10.4 Å². The first-order chi connectivity index (χ1) is 9.22. The number of benzene rings is 1. The number of aliphatic hydroxyl groups is 1. The Morgan fingerprint density at radius 1 is 1.47 bits per heavy atom. The fourth-order valence-electron chi connectivity index (χ4n) is 1.68. The third-order valence-electron chi connectivity index (χ3n) is 2.60. The van der Waals surface area contributed by atoms with Gasteiger partial charge < -0.3 is 10.4 Å². The van der Waals surface area contributed by atoms with Crippen molar-refractivity contribution in [3.8, 4) is 6.07 Å². The normalized spacial score (nSPS) is 10.2. The summed E-state index contributed by atoms with van der Waals surface area (Å²) in [6.07, 6.45) is 3.61. The molecule has 2 N–H and O–H groups in total. The SMILES string of the molecule is N#Cc1cc(Br)ccc1NCc1cnn(CCO)c1. The molecule has 5 nitrogen and oxygen atoms in total. The van der Waals surface area contributed by atoms with Gasteiger partial charge in [-0.15, -0.1) is 0 Å². The maximum atomic E-state index is 9.06. The van der Waals surface area contributed by atoms with Crippen LogP contribution in [0.4, 0.5) is 5.69 Å². The number of aliphatic hydroxyl groups excluding tert-OH is 1. The number of aromatic nitrogens is 2. The summed E-state index contributed by atoms with van der Waals surface area (Å²) in [7, 11) is 0. The first-order valence-corrected chi connectivity index (χ1v) is 6.58. The van der Waals surface area contributed by atoms with Gasteiger partial charge in [0, 0.05) is 22.8 Å². The summed E-state index contributed by atoms with van der Waals surface area (Å²) in [5, 5.41) is 25.2.